The van der Waals surface area contributed by atoms with Gasteiger partial charge in [-0.3, -0.25) is 0 Å². The molecule has 0 unspecified atom stereocenters. The van der Waals surface area contributed by atoms with E-state index in [-0.39, 0.29) is 0 Å². The van der Waals surface area contributed by atoms with E-state index >= 15 is 0 Å². The Morgan fingerprint density at radius 2 is 1.89 bits per heavy atom. The fourth-order valence-corrected chi connectivity index (χ4v) is 1.93. The molecule has 2 aromatic heterocycles. The molecule has 0 saturated heterocycles. The molecule has 0 aliphatic heterocycles. The van der Waals surface area contributed by atoms with Crippen LogP contribution in [0.25, 0.3) is 22.5 Å². The van der Waals surface area contributed by atoms with E-state index in [2.05, 4.69) is 9.97 Å². The van der Waals surface area contributed by atoms with Gasteiger partial charge in [0.15, 0.2) is 17.1 Å². The number of para-hydroxylation sites is 1. The van der Waals surface area contributed by atoms with E-state index in [1.54, 1.807) is 7.11 Å². The first-order valence-electron chi connectivity index (χ1n) is 5.65. The summed E-state index contributed by atoms with van der Waals surface area (Å²) in [6.45, 7) is 1.81. The van der Waals surface area contributed by atoms with Gasteiger partial charge in [0.25, 0.3) is 0 Å². The third-order valence-corrected chi connectivity index (χ3v) is 2.74. The van der Waals surface area contributed by atoms with Crippen molar-refractivity contribution in [2.75, 3.05) is 7.11 Å². The van der Waals surface area contributed by atoms with Crippen LogP contribution in [0, 0.1) is 6.92 Å². The molecule has 4 heteroatoms. The molecule has 0 bridgehead atoms. The van der Waals surface area contributed by atoms with Gasteiger partial charge in [0.05, 0.1) is 12.8 Å². The average molecular weight is 240 g/mol. The molecule has 0 spiro atoms. The molecular formula is C14H12N2O2. The normalized spacial score (nSPS) is 10.8. The number of aryl methyl sites for hydroxylation is 1. The number of hydrogen-bond acceptors (Lipinski definition) is 4. The van der Waals surface area contributed by atoms with Crippen molar-refractivity contribution in [2.45, 2.75) is 6.92 Å². The van der Waals surface area contributed by atoms with Gasteiger partial charge in [-0.25, -0.2) is 4.98 Å². The molecule has 0 radical (unpaired) electrons. The van der Waals surface area contributed by atoms with E-state index in [0.29, 0.717) is 17.1 Å². The van der Waals surface area contributed by atoms with Crippen LogP contribution in [0.2, 0.25) is 0 Å². The summed E-state index contributed by atoms with van der Waals surface area (Å²) in [5.41, 5.74) is 3.10. The van der Waals surface area contributed by atoms with E-state index in [1.165, 1.54) is 0 Å². The monoisotopic (exact) mass is 240 g/mol. The van der Waals surface area contributed by atoms with Gasteiger partial charge in [0.1, 0.15) is 5.75 Å². The van der Waals surface area contributed by atoms with Crippen molar-refractivity contribution in [3.8, 4) is 17.0 Å². The Balaban J connectivity index is 2.18. The summed E-state index contributed by atoms with van der Waals surface area (Å²) in [6, 6.07) is 11.6. The summed E-state index contributed by atoms with van der Waals surface area (Å²) < 4.78 is 10.7. The Kier molecular flexibility index (Phi) is 2.48. The van der Waals surface area contributed by atoms with Gasteiger partial charge >= 0.3 is 0 Å². The minimum absolute atomic E-state index is 0.620. The minimum Gasteiger partial charge on any atom is -0.496 e. The van der Waals surface area contributed by atoms with E-state index in [0.717, 1.165) is 17.0 Å². The number of rotatable bonds is 2. The van der Waals surface area contributed by atoms with Crippen molar-refractivity contribution in [1.82, 2.24) is 9.97 Å². The number of oxazole rings is 1. The molecule has 90 valence electrons. The number of aromatic nitrogens is 2. The number of nitrogens with zero attached hydrogens (tertiary/aromatic N) is 2. The molecule has 3 rings (SSSR count). The number of hydrogen-bond donors (Lipinski definition) is 0. The Labute approximate surface area is 104 Å². The lowest BCUT2D eigenvalue weighted by atomic mass is 10.1. The summed E-state index contributed by atoms with van der Waals surface area (Å²) in [5.74, 6) is 1.42. The van der Waals surface area contributed by atoms with Gasteiger partial charge in [-0.2, -0.15) is 4.98 Å². The Bertz CT molecular complexity index is 704. The summed E-state index contributed by atoms with van der Waals surface area (Å²) in [7, 11) is 1.65. The molecule has 0 saturated carbocycles. The zero-order valence-electron chi connectivity index (χ0n) is 10.2. The quantitative estimate of drug-likeness (QED) is 0.690. The first kappa shape index (κ1) is 10.8. The van der Waals surface area contributed by atoms with Crippen LogP contribution in [0.15, 0.2) is 40.8 Å². The van der Waals surface area contributed by atoms with Gasteiger partial charge in [-0.15, -0.1) is 0 Å². The Morgan fingerprint density at radius 1 is 1.06 bits per heavy atom. The second kappa shape index (κ2) is 4.14. The van der Waals surface area contributed by atoms with Gasteiger partial charge in [0, 0.05) is 12.5 Å². The molecule has 0 atom stereocenters. The zero-order valence-corrected chi connectivity index (χ0v) is 10.2. The number of benzene rings is 1. The van der Waals surface area contributed by atoms with Crippen LogP contribution >= 0.6 is 0 Å². The number of ether oxygens (including phenoxy) is 1. The second-order valence-corrected chi connectivity index (χ2v) is 3.95. The Hall–Kier alpha value is -2.36. The summed E-state index contributed by atoms with van der Waals surface area (Å²) in [4.78, 5) is 8.73. The minimum atomic E-state index is 0.620. The van der Waals surface area contributed by atoms with Crippen LogP contribution in [0.4, 0.5) is 0 Å². The van der Waals surface area contributed by atoms with Gasteiger partial charge in [-0.05, 0) is 24.3 Å². The highest BCUT2D eigenvalue weighted by Crippen LogP contribution is 2.29. The highest BCUT2D eigenvalue weighted by molar-refractivity contribution is 5.75. The standard InChI is InChI=1S/C14H12N2O2/c1-9-15-14-13(18-9)8-7-11(16-14)10-5-3-4-6-12(10)17-2/h3-8H,1-2H3. The van der Waals surface area contributed by atoms with E-state index in [1.807, 2.05) is 43.3 Å². The van der Waals surface area contributed by atoms with E-state index < -0.39 is 0 Å². The summed E-state index contributed by atoms with van der Waals surface area (Å²) in [5, 5.41) is 0. The molecular weight excluding hydrogens is 228 g/mol. The van der Waals surface area contributed by atoms with Crippen LogP contribution < -0.4 is 4.74 Å². The molecule has 0 amide bonds. The molecule has 0 aliphatic rings. The molecule has 18 heavy (non-hydrogen) atoms. The molecule has 2 heterocycles. The van der Waals surface area contributed by atoms with Gasteiger partial charge in [0.2, 0.25) is 0 Å². The fraction of sp³-hybridized carbons (Fsp3) is 0.143. The average Bonchev–Trinajstić information content (AvgIpc) is 2.77. The first-order chi connectivity index (χ1) is 8.78. The third kappa shape index (κ3) is 1.72. The molecule has 0 aliphatic carbocycles. The zero-order chi connectivity index (χ0) is 12.5. The van der Waals surface area contributed by atoms with E-state index in [4.69, 9.17) is 9.15 Å². The highest BCUT2D eigenvalue weighted by atomic mass is 16.5. The van der Waals surface area contributed by atoms with Crippen molar-refractivity contribution < 1.29 is 9.15 Å². The smallest absolute Gasteiger partial charge is 0.199 e. The fourth-order valence-electron chi connectivity index (χ4n) is 1.93. The molecule has 0 fully saturated rings. The molecule has 1 aromatic carbocycles. The number of pyridine rings is 1. The highest BCUT2D eigenvalue weighted by Gasteiger charge is 2.09. The van der Waals surface area contributed by atoms with Crippen LogP contribution in [0.1, 0.15) is 5.89 Å². The lowest BCUT2D eigenvalue weighted by Gasteiger charge is -2.06. The predicted molar refractivity (Wildman–Crippen MR) is 68.5 cm³/mol. The molecule has 0 N–H and O–H groups in total. The topological polar surface area (TPSA) is 48.2 Å². The van der Waals surface area contributed by atoms with Crippen LogP contribution in [0.5, 0.6) is 5.75 Å². The molecule has 3 aromatic rings. The third-order valence-electron chi connectivity index (χ3n) is 2.74. The van der Waals surface area contributed by atoms with Crippen molar-refractivity contribution in [3.05, 3.63) is 42.3 Å². The maximum atomic E-state index is 5.41. The van der Waals surface area contributed by atoms with Crippen LogP contribution in [-0.2, 0) is 0 Å². The first-order valence-corrected chi connectivity index (χ1v) is 5.65. The van der Waals surface area contributed by atoms with Crippen molar-refractivity contribution in [3.63, 3.8) is 0 Å². The largest absolute Gasteiger partial charge is 0.496 e. The predicted octanol–water partition coefficient (Wildman–Crippen LogP) is 3.21. The van der Waals surface area contributed by atoms with Crippen LogP contribution in [-0.4, -0.2) is 17.1 Å². The Morgan fingerprint density at radius 3 is 2.72 bits per heavy atom. The molecule has 4 nitrogen and oxygen atoms in total. The van der Waals surface area contributed by atoms with Gasteiger partial charge < -0.3 is 9.15 Å². The van der Waals surface area contributed by atoms with E-state index in [9.17, 15) is 0 Å². The van der Waals surface area contributed by atoms with Crippen molar-refractivity contribution >= 4 is 11.2 Å². The lowest BCUT2D eigenvalue weighted by molar-refractivity contribution is 0.416. The SMILES string of the molecule is COc1ccccc1-c1ccc2oc(C)nc2n1. The van der Waals surface area contributed by atoms with Crippen molar-refractivity contribution in [2.24, 2.45) is 0 Å². The van der Waals surface area contributed by atoms with Crippen molar-refractivity contribution in [1.29, 1.82) is 0 Å². The maximum Gasteiger partial charge on any atom is 0.199 e. The number of fused-ring (bicyclic) bond motifs is 1. The maximum absolute atomic E-state index is 5.41. The summed E-state index contributed by atoms with van der Waals surface area (Å²) in [6.07, 6.45) is 0. The van der Waals surface area contributed by atoms with Gasteiger partial charge in [-0.1, -0.05) is 12.1 Å². The second-order valence-electron chi connectivity index (χ2n) is 3.95. The van der Waals surface area contributed by atoms with Crippen LogP contribution in [0.3, 0.4) is 0 Å². The lowest BCUT2D eigenvalue weighted by Crippen LogP contribution is -1.90. The summed E-state index contributed by atoms with van der Waals surface area (Å²) >= 11 is 0. The number of methoxy groups -OCH3 is 1.